The van der Waals surface area contributed by atoms with Crippen LogP contribution in [0.25, 0.3) is 10.9 Å². The van der Waals surface area contributed by atoms with Gasteiger partial charge in [0.05, 0.1) is 23.3 Å². The summed E-state index contributed by atoms with van der Waals surface area (Å²) in [7, 11) is 0. The number of H-pyrrole nitrogens is 2. The Balaban J connectivity index is 1.46. The lowest BCUT2D eigenvalue weighted by Gasteiger charge is -2.17. The molecule has 0 aliphatic heterocycles. The Morgan fingerprint density at radius 3 is 2.79 bits per heavy atom. The van der Waals surface area contributed by atoms with Crippen LogP contribution in [0.2, 0.25) is 0 Å². The van der Waals surface area contributed by atoms with E-state index in [0.29, 0.717) is 16.6 Å². The molecule has 8 heteroatoms. The van der Waals surface area contributed by atoms with Gasteiger partial charge in [0, 0.05) is 16.7 Å². The lowest BCUT2D eigenvalue weighted by Crippen LogP contribution is -2.15. The summed E-state index contributed by atoms with van der Waals surface area (Å²) in [4.78, 5) is 17.0. The zero-order valence-electron chi connectivity index (χ0n) is 15.1. The molecular weight excluding hydrogens is 372 g/mol. The number of benzene rings is 2. The molecule has 28 heavy (non-hydrogen) atoms. The van der Waals surface area contributed by atoms with Crippen molar-refractivity contribution in [3.8, 4) is 0 Å². The zero-order valence-corrected chi connectivity index (χ0v) is 15.9. The summed E-state index contributed by atoms with van der Waals surface area (Å²) in [5, 5.41) is 17.6. The maximum absolute atomic E-state index is 11.7. The van der Waals surface area contributed by atoms with E-state index in [2.05, 4.69) is 55.0 Å². The Morgan fingerprint density at radius 1 is 1.07 bits per heavy atom. The summed E-state index contributed by atoms with van der Waals surface area (Å²) in [6.45, 7) is 0.749. The average molecular weight is 392 g/mol. The predicted molar refractivity (Wildman–Crippen MR) is 112 cm³/mol. The molecule has 0 aliphatic rings. The summed E-state index contributed by atoms with van der Waals surface area (Å²) in [5.41, 5.74) is 2.04. The van der Waals surface area contributed by atoms with Crippen LogP contribution >= 0.6 is 11.8 Å². The first kappa shape index (κ1) is 18.2. The van der Waals surface area contributed by atoms with Gasteiger partial charge in [0.1, 0.15) is 0 Å². The first-order valence-electron chi connectivity index (χ1n) is 9.06. The molecule has 142 valence electrons. The van der Waals surface area contributed by atoms with Gasteiger partial charge < -0.3 is 5.32 Å². The van der Waals surface area contributed by atoms with Crippen molar-refractivity contribution in [2.45, 2.75) is 23.0 Å². The fourth-order valence-corrected chi connectivity index (χ4v) is 4.26. The fourth-order valence-electron chi connectivity index (χ4n) is 3.04. The maximum atomic E-state index is 11.7. The van der Waals surface area contributed by atoms with Crippen LogP contribution in [0.3, 0.4) is 0 Å². The summed E-state index contributed by atoms with van der Waals surface area (Å²) in [6, 6.07) is 16.4. The Morgan fingerprint density at radius 2 is 1.96 bits per heavy atom. The van der Waals surface area contributed by atoms with Crippen molar-refractivity contribution >= 4 is 28.6 Å². The quantitative estimate of drug-likeness (QED) is 0.398. The van der Waals surface area contributed by atoms with Gasteiger partial charge in [-0.1, -0.05) is 30.3 Å². The molecule has 4 aromatic rings. The minimum atomic E-state index is -0.0898. The summed E-state index contributed by atoms with van der Waals surface area (Å²) < 4.78 is 0. The third-order valence-electron chi connectivity index (χ3n) is 4.39. The highest BCUT2D eigenvalue weighted by molar-refractivity contribution is 8.00. The molecule has 3 N–H and O–H groups in total. The standard InChI is InChI=1S/C20H20N6OS/c27-19-17-7-6-15(13-18(17)24-25-19)28-16(12-14-4-2-1-3-5-14)8-9-21-20-22-10-11-23-26-20/h1-7,10-11,13,16H,8-9,12H2,(H,21,22,26)(H2,24,25,27). The lowest BCUT2D eigenvalue weighted by molar-refractivity contribution is 0.774. The molecule has 0 fully saturated rings. The number of thioether (sulfide) groups is 1. The molecule has 0 spiro atoms. The molecule has 1 unspecified atom stereocenters. The molecule has 0 amide bonds. The molecule has 0 radical (unpaired) electrons. The number of hydrogen-bond acceptors (Lipinski definition) is 6. The monoisotopic (exact) mass is 392 g/mol. The second kappa shape index (κ2) is 8.71. The van der Waals surface area contributed by atoms with Crippen LogP contribution in [0.1, 0.15) is 12.0 Å². The highest BCUT2D eigenvalue weighted by atomic mass is 32.2. The second-order valence-corrected chi connectivity index (χ2v) is 7.77. The van der Waals surface area contributed by atoms with Gasteiger partial charge in [0.25, 0.3) is 5.56 Å². The van der Waals surface area contributed by atoms with Gasteiger partial charge in [0.15, 0.2) is 0 Å². The van der Waals surface area contributed by atoms with Gasteiger partial charge in [-0.15, -0.1) is 16.9 Å². The van der Waals surface area contributed by atoms with Crippen LogP contribution in [-0.4, -0.2) is 37.2 Å². The Labute approximate surface area is 166 Å². The highest BCUT2D eigenvalue weighted by Crippen LogP contribution is 2.29. The molecule has 2 aromatic carbocycles. The Hall–Kier alpha value is -3.13. The molecule has 4 rings (SSSR count). The summed E-state index contributed by atoms with van der Waals surface area (Å²) in [5.74, 6) is 0.539. The number of rotatable bonds is 8. The van der Waals surface area contributed by atoms with E-state index in [0.717, 1.165) is 29.8 Å². The van der Waals surface area contributed by atoms with Crippen LogP contribution in [0.15, 0.2) is 70.6 Å². The average Bonchev–Trinajstić information content (AvgIpc) is 3.10. The first-order valence-corrected chi connectivity index (χ1v) is 9.94. The molecule has 0 saturated carbocycles. The number of aromatic nitrogens is 5. The SMILES string of the molecule is O=c1[nH][nH]c2cc(SC(CCNc3nccnn3)Cc3ccccc3)ccc12. The van der Waals surface area contributed by atoms with Crippen LogP contribution in [0, 0.1) is 0 Å². The molecule has 2 aromatic heterocycles. The van der Waals surface area contributed by atoms with Gasteiger partial charge in [-0.2, -0.15) is 5.10 Å². The topological polar surface area (TPSA) is 99.3 Å². The number of nitrogens with zero attached hydrogens (tertiary/aromatic N) is 3. The molecule has 0 aliphatic carbocycles. The third kappa shape index (κ3) is 4.58. The van der Waals surface area contributed by atoms with E-state index in [-0.39, 0.29) is 5.56 Å². The van der Waals surface area contributed by atoms with Gasteiger partial charge >= 0.3 is 0 Å². The maximum Gasteiger partial charge on any atom is 0.271 e. The van der Waals surface area contributed by atoms with Crippen LogP contribution in [-0.2, 0) is 6.42 Å². The van der Waals surface area contributed by atoms with Crippen molar-refractivity contribution in [1.82, 2.24) is 25.4 Å². The van der Waals surface area contributed by atoms with E-state index < -0.39 is 0 Å². The van der Waals surface area contributed by atoms with E-state index in [1.54, 1.807) is 12.4 Å². The Kier molecular flexibility index (Phi) is 5.67. The Bertz CT molecular complexity index is 1080. The number of fused-ring (bicyclic) bond motifs is 1. The van der Waals surface area contributed by atoms with Crippen LogP contribution in [0.4, 0.5) is 5.95 Å². The van der Waals surface area contributed by atoms with Crippen LogP contribution < -0.4 is 10.9 Å². The van der Waals surface area contributed by atoms with Crippen molar-refractivity contribution in [3.05, 3.63) is 76.8 Å². The predicted octanol–water partition coefficient (Wildman–Crippen LogP) is 3.25. The molecule has 2 heterocycles. The van der Waals surface area contributed by atoms with Gasteiger partial charge in [-0.05, 0) is 36.6 Å². The minimum absolute atomic E-state index is 0.0898. The normalized spacial score (nSPS) is 12.1. The van der Waals surface area contributed by atoms with E-state index in [1.807, 2.05) is 36.0 Å². The molecule has 7 nitrogen and oxygen atoms in total. The summed E-state index contributed by atoms with van der Waals surface area (Å²) >= 11 is 1.81. The van der Waals surface area contributed by atoms with Gasteiger partial charge in [0.2, 0.25) is 5.95 Å². The second-order valence-electron chi connectivity index (χ2n) is 6.40. The molecule has 0 bridgehead atoms. The highest BCUT2D eigenvalue weighted by Gasteiger charge is 2.13. The van der Waals surface area contributed by atoms with E-state index >= 15 is 0 Å². The van der Waals surface area contributed by atoms with E-state index in [1.165, 1.54) is 5.56 Å². The number of anilines is 1. The largest absolute Gasteiger partial charge is 0.353 e. The van der Waals surface area contributed by atoms with Crippen molar-refractivity contribution < 1.29 is 0 Å². The number of hydrogen-bond donors (Lipinski definition) is 3. The number of nitrogens with one attached hydrogen (secondary N) is 3. The lowest BCUT2D eigenvalue weighted by atomic mass is 10.1. The fraction of sp³-hybridized carbons (Fsp3) is 0.200. The van der Waals surface area contributed by atoms with Gasteiger partial charge in [-0.3, -0.25) is 15.0 Å². The zero-order chi connectivity index (χ0) is 19.2. The smallest absolute Gasteiger partial charge is 0.271 e. The molecule has 0 saturated heterocycles. The number of aromatic amines is 2. The van der Waals surface area contributed by atoms with E-state index in [4.69, 9.17) is 0 Å². The van der Waals surface area contributed by atoms with Crippen molar-refractivity contribution in [2.75, 3.05) is 11.9 Å². The first-order chi connectivity index (χ1) is 13.8. The molecular formula is C20H20N6OS. The van der Waals surface area contributed by atoms with Crippen molar-refractivity contribution in [1.29, 1.82) is 0 Å². The minimum Gasteiger partial charge on any atom is -0.353 e. The molecule has 1 atom stereocenters. The third-order valence-corrected chi connectivity index (χ3v) is 5.65. The van der Waals surface area contributed by atoms with Crippen LogP contribution in [0.5, 0.6) is 0 Å². The van der Waals surface area contributed by atoms with Crippen molar-refractivity contribution in [3.63, 3.8) is 0 Å². The summed E-state index contributed by atoms with van der Waals surface area (Å²) in [6.07, 6.45) is 5.06. The van der Waals surface area contributed by atoms with E-state index in [9.17, 15) is 4.79 Å². The van der Waals surface area contributed by atoms with Gasteiger partial charge in [-0.25, -0.2) is 4.98 Å². The van der Waals surface area contributed by atoms with Crippen molar-refractivity contribution in [2.24, 2.45) is 0 Å².